The van der Waals surface area contributed by atoms with Crippen LogP contribution in [0.5, 0.6) is 0 Å². The van der Waals surface area contributed by atoms with Crippen molar-refractivity contribution in [3.63, 3.8) is 0 Å². The number of azide groups is 1. The third-order valence-electron chi connectivity index (χ3n) is 6.62. The molecule has 2 aliphatic heterocycles. The Balaban J connectivity index is 1.52. The van der Waals surface area contributed by atoms with E-state index in [4.69, 9.17) is 10.5 Å². The van der Waals surface area contributed by atoms with Crippen LogP contribution < -0.4 is 10.6 Å². The van der Waals surface area contributed by atoms with Gasteiger partial charge in [-0.1, -0.05) is 17.3 Å². The van der Waals surface area contributed by atoms with Crippen LogP contribution in [-0.4, -0.2) is 53.9 Å². The summed E-state index contributed by atoms with van der Waals surface area (Å²) in [6, 6.07) is 0. The first kappa shape index (κ1) is 23.8. The number of nitrogens with zero attached hydrogens (tertiary/aromatic N) is 5. The molecular formula is C23H21Br2N7O3. The van der Waals surface area contributed by atoms with Gasteiger partial charge in [-0.3, -0.25) is 19.4 Å². The third kappa shape index (κ3) is 3.99. The monoisotopic (exact) mass is 601 g/mol. The highest BCUT2D eigenvalue weighted by atomic mass is 79.9. The number of rotatable bonds is 6. The van der Waals surface area contributed by atoms with Gasteiger partial charge in [-0.15, -0.1) is 0 Å². The van der Waals surface area contributed by atoms with E-state index in [0.717, 1.165) is 22.4 Å². The minimum atomic E-state index is -0.654. The van der Waals surface area contributed by atoms with Gasteiger partial charge in [0.05, 0.1) is 20.4 Å². The predicted molar refractivity (Wildman–Crippen MR) is 137 cm³/mol. The van der Waals surface area contributed by atoms with Crippen LogP contribution in [0.25, 0.3) is 10.4 Å². The molecule has 35 heavy (non-hydrogen) atoms. The van der Waals surface area contributed by atoms with Crippen LogP contribution in [0.4, 0.5) is 0 Å². The number of hydrogen-bond acceptors (Lipinski definition) is 6. The van der Waals surface area contributed by atoms with Crippen LogP contribution in [0.2, 0.25) is 0 Å². The van der Waals surface area contributed by atoms with Gasteiger partial charge < -0.3 is 15.2 Å². The molecule has 4 aliphatic rings. The second kappa shape index (κ2) is 9.25. The molecule has 0 atom stereocenters. The third-order valence-corrected chi connectivity index (χ3v) is 7.79. The Morgan fingerprint density at radius 1 is 1.29 bits per heavy atom. The molecule has 2 aliphatic carbocycles. The quantitative estimate of drug-likeness (QED) is 0.223. The molecule has 0 saturated heterocycles. The molecule has 3 heterocycles. The smallest absolute Gasteiger partial charge is 0.239 e. The molecule has 0 aromatic carbocycles. The molecule has 0 saturated carbocycles. The van der Waals surface area contributed by atoms with Gasteiger partial charge >= 0.3 is 0 Å². The molecule has 2 N–H and O–H groups in total. The molecule has 1 amide bonds. The standard InChI is InChI=1S/C23H21Br2N7O3/c24-13-8-23(9-14(25)21(13)34)3-7-29-19-17(23)18-16-12(2-6-28-18)10-32(20(16)22(19)35)11-15(33)27-4-1-5-30-31-26/h8-10,29H,1-7,11H2,(H,27,33). The number of amides is 1. The fourth-order valence-electron chi connectivity index (χ4n) is 5.16. The number of allylic oxidation sites excluding steroid dienone is 6. The number of halogens is 2. The van der Waals surface area contributed by atoms with E-state index in [1.807, 2.05) is 18.3 Å². The van der Waals surface area contributed by atoms with Crippen molar-refractivity contribution in [1.29, 1.82) is 0 Å². The SMILES string of the molecule is [N-]=[N+]=NCCCNC(=O)Cn1cc2c3c1C(=O)C1=C(C3=NCC2)C2(C=C(Br)C(=O)C(Br)=C2)CCN1. The first-order valence-electron chi connectivity index (χ1n) is 11.3. The Bertz CT molecular complexity index is 1320. The molecule has 180 valence electrons. The number of carbonyl (C=O) groups is 3. The average Bonchev–Trinajstić information content (AvgIpc) is 3.19. The van der Waals surface area contributed by atoms with Crippen LogP contribution >= 0.6 is 31.9 Å². The molecule has 0 bridgehead atoms. The van der Waals surface area contributed by atoms with Crippen molar-refractivity contribution < 1.29 is 14.4 Å². The summed E-state index contributed by atoms with van der Waals surface area (Å²) in [4.78, 5) is 46.4. The predicted octanol–water partition coefficient (Wildman–Crippen LogP) is 3.22. The number of ketones is 2. The van der Waals surface area contributed by atoms with E-state index < -0.39 is 5.41 Å². The minimum absolute atomic E-state index is 0.00201. The molecule has 5 rings (SSSR count). The summed E-state index contributed by atoms with van der Waals surface area (Å²) in [6.07, 6.45) is 7.53. The lowest BCUT2D eigenvalue weighted by atomic mass is 9.66. The van der Waals surface area contributed by atoms with Crippen molar-refractivity contribution in [3.8, 4) is 0 Å². The van der Waals surface area contributed by atoms with E-state index in [0.29, 0.717) is 65.8 Å². The van der Waals surface area contributed by atoms with Crippen molar-refractivity contribution in [2.45, 2.75) is 25.8 Å². The first-order valence-corrected chi connectivity index (χ1v) is 12.8. The lowest BCUT2D eigenvalue weighted by Gasteiger charge is -2.41. The summed E-state index contributed by atoms with van der Waals surface area (Å²) in [6.45, 7) is 1.82. The summed E-state index contributed by atoms with van der Waals surface area (Å²) in [5, 5.41) is 9.55. The number of aliphatic imine (C=N–C) groups is 1. The average molecular weight is 603 g/mol. The Labute approximate surface area is 217 Å². The van der Waals surface area contributed by atoms with Gasteiger partial charge in [0.2, 0.25) is 17.5 Å². The van der Waals surface area contributed by atoms with Gasteiger partial charge in [0.1, 0.15) is 12.2 Å². The zero-order chi connectivity index (χ0) is 24.7. The van der Waals surface area contributed by atoms with E-state index in [1.54, 1.807) is 4.57 Å². The van der Waals surface area contributed by atoms with Gasteiger partial charge in [0.15, 0.2) is 0 Å². The Morgan fingerprint density at radius 2 is 2.06 bits per heavy atom. The summed E-state index contributed by atoms with van der Waals surface area (Å²) in [7, 11) is 0. The van der Waals surface area contributed by atoms with Crippen LogP contribution in [0, 0.1) is 5.41 Å². The number of fused-ring (bicyclic) bond motifs is 2. The summed E-state index contributed by atoms with van der Waals surface area (Å²) >= 11 is 6.81. The molecular weight excluding hydrogens is 582 g/mol. The maximum absolute atomic E-state index is 13.8. The second-order valence-corrected chi connectivity index (χ2v) is 10.5. The molecule has 0 unspecified atom stereocenters. The highest BCUT2D eigenvalue weighted by molar-refractivity contribution is 9.13. The number of hydrogen-bond donors (Lipinski definition) is 2. The van der Waals surface area contributed by atoms with Crippen molar-refractivity contribution >= 4 is 55.0 Å². The molecule has 1 aromatic heterocycles. The van der Waals surface area contributed by atoms with Crippen LogP contribution in [-0.2, 0) is 22.6 Å². The molecule has 12 heteroatoms. The van der Waals surface area contributed by atoms with E-state index in [1.165, 1.54) is 0 Å². The molecule has 0 radical (unpaired) electrons. The Morgan fingerprint density at radius 3 is 2.80 bits per heavy atom. The first-order chi connectivity index (χ1) is 16.9. The van der Waals surface area contributed by atoms with Gasteiger partial charge in [-0.25, -0.2) is 0 Å². The molecule has 1 spiro atoms. The van der Waals surface area contributed by atoms with Crippen LogP contribution in [0.1, 0.15) is 34.5 Å². The van der Waals surface area contributed by atoms with Gasteiger partial charge in [0, 0.05) is 53.8 Å². The second-order valence-electron chi connectivity index (χ2n) is 8.75. The van der Waals surface area contributed by atoms with Crippen molar-refractivity contribution in [2.75, 3.05) is 26.2 Å². The maximum Gasteiger partial charge on any atom is 0.239 e. The topological polar surface area (TPSA) is 141 Å². The van der Waals surface area contributed by atoms with Crippen LogP contribution in [0.15, 0.2) is 48.7 Å². The number of Topliss-reactive ketones (excluding diaryl/α,β-unsaturated/α-hetero) is 2. The zero-order valence-corrected chi connectivity index (χ0v) is 21.8. The summed E-state index contributed by atoms with van der Waals surface area (Å²) in [5.74, 6) is -0.538. The van der Waals surface area contributed by atoms with Crippen molar-refractivity contribution in [1.82, 2.24) is 15.2 Å². The summed E-state index contributed by atoms with van der Waals surface area (Å²) < 4.78 is 2.61. The highest BCUT2D eigenvalue weighted by Gasteiger charge is 2.48. The molecule has 0 fully saturated rings. The largest absolute Gasteiger partial charge is 0.381 e. The van der Waals surface area contributed by atoms with Crippen LogP contribution in [0.3, 0.4) is 0 Å². The van der Waals surface area contributed by atoms with Gasteiger partial charge in [-0.05, 0) is 62.2 Å². The van der Waals surface area contributed by atoms with E-state index in [-0.39, 0.29) is 24.0 Å². The fourth-order valence-corrected chi connectivity index (χ4v) is 6.67. The number of aromatic nitrogens is 1. The van der Waals surface area contributed by atoms with E-state index in [2.05, 4.69) is 52.5 Å². The van der Waals surface area contributed by atoms with E-state index in [9.17, 15) is 14.4 Å². The maximum atomic E-state index is 13.8. The Kier molecular flexibility index (Phi) is 6.29. The number of nitrogens with one attached hydrogen (secondary N) is 2. The lowest BCUT2D eigenvalue weighted by Crippen LogP contribution is -2.45. The Hall–Kier alpha value is -2.95. The number of carbonyl (C=O) groups excluding carboxylic acids is 3. The van der Waals surface area contributed by atoms with Gasteiger partial charge in [-0.2, -0.15) is 0 Å². The normalized spacial score (nSPS) is 19.7. The van der Waals surface area contributed by atoms with Gasteiger partial charge in [0.25, 0.3) is 0 Å². The van der Waals surface area contributed by atoms with Crippen molar-refractivity contribution in [3.05, 3.63) is 65.8 Å². The zero-order valence-electron chi connectivity index (χ0n) is 18.6. The minimum Gasteiger partial charge on any atom is -0.381 e. The fraction of sp³-hybridized carbons (Fsp3) is 0.391. The molecule has 10 nitrogen and oxygen atoms in total. The highest BCUT2D eigenvalue weighted by Crippen LogP contribution is 2.49. The van der Waals surface area contributed by atoms with E-state index >= 15 is 0 Å². The lowest BCUT2D eigenvalue weighted by molar-refractivity contribution is -0.121. The summed E-state index contributed by atoms with van der Waals surface area (Å²) in [5.41, 5.74) is 11.9. The van der Waals surface area contributed by atoms with Crippen molar-refractivity contribution in [2.24, 2.45) is 15.5 Å². The molecule has 1 aromatic rings.